The lowest BCUT2D eigenvalue weighted by molar-refractivity contribution is 0.578. The van der Waals surface area contributed by atoms with Crippen LogP contribution in [0.5, 0.6) is 0 Å². The molecule has 0 radical (unpaired) electrons. The number of nitrogens with zero attached hydrogens (tertiary/aromatic N) is 1. The van der Waals surface area contributed by atoms with Crippen molar-refractivity contribution in [3.63, 3.8) is 0 Å². The number of sulfonamides is 1. The minimum absolute atomic E-state index is 0.0657. The first-order chi connectivity index (χ1) is 7.94. The summed E-state index contributed by atoms with van der Waals surface area (Å²) in [7, 11) is -3.44. The van der Waals surface area contributed by atoms with Crippen LogP contribution in [0.2, 0.25) is 0 Å². The third-order valence-electron chi connectivity index (χ3n) is 3.04. The number of nitrogens with one attached hydrogen (secondary N) is 1. The van der Waals surface area contributed by atoms with Crippen molar-refractivity contribution in [3.8, 4) is 6.07 Å². The Hall–Kier alpha value is -1.38. The van der Waals surface area contributed by atoms with E-state index in [1.807, 2.05) is 13.0 Å². The molecule has 2 atom stereocenters. The largest absolute Gasteiger partial charge is 0.240 e. The van der Waals surface area contributed by atoms with E-state index >= 15 is 0 Å². The van der Waals surface area contributed by atoms with E-state index in [4.69, 9.17) is 5.26 Å². The normalized spacial score (nSPS) is 23.1. The van der Waals surface area contributed by atoms with Gasteiger partial charge in [0.15, 0.2) is 0 Å². The summed E-state index contributed by atoms with van der Waals surface area (Å²) in [6.07, 6.45) is 0.897. The van der Waals surface area contributed by atoms with Gasteiger partial charge in [0.1, 0.15) is 0 Å². The summed E-state index contributed by atoms with van der Waals surface area (Å²) in [5.74, 6) is 0.421. The zero-order valence-corrected chi connectivity index (χ0v) is 10.6. The Morgan fingerprint density at radius 3 is 2.59 bits per heavy atom. The number of benzene rings is 1. The summed E-state index contributed by atoms with van der Waals surface area (Å²) < 4.78 is 26.6. The molecule has 1 aliphatic carbocycles. The number of rotatable bonds is 3. The van der Waals surface area contributed by atoms with Crippen LogP contribution >= 0.6 is 0 Å². The fourth-order valence-electron chi connectivity index (χ4n) is 1.68. The van der Waals surface area contributed by atoms with Gasteiger partial charge in [0.25, 0.3) is 0 Å². The lowest BCUT2D eigenvalue weighted by Crippen LogP contribution is -2.26. The van der Waals surface area contributed by atoms with Gasteiger partial charge in [-0.2, -0.15) is 5.26 Å². The molecule has 4 nitrogen and oxygen atoms in total. The number of aryl methyl sites for hydroxylation is 1. The minimum Gasteiger partial charge on any atom is -0.208 e. The van der Waals surface area contributed by atoms with Crippen LogP contribution in [0.15, 0.2) is 23.1 Å². The van der Waals surface area contributed by atoms with Crippen LogP contribution in [-0.4, -0.2) is 14.5 Å². The summed E-state index contributed by atoms with van der Waals surface area (Å²) in [5.41, 5.74) is 1.18. The first-order valence-corrected chi connectivity index (χ1v) is 6.95. The van der Waals surface area contributed by atoms with E-state index in [9.17, 15) is 8.42 Å². The second kappa shape index (κ2) is 4.13. The fourth-order valence-corrected chi connectivity index (χ4v) is 3.12. The highest BCUT2D eigenvalue weighted by Gasteiger charge is 2.36. The zero-order valence-electron chi connectivity index (χ0n) is 9.77. The van der Waals surface area contributed by atoms with E-state index in [-0.39, 0.29) is 10.9 Å². The standard InChI is InChI=1S/C12H14N2O2S/c1-8-5-11(4-3-10(8)7-13)17(15,16)14-12-6-9(12)2/h3-5,9,12,14H,6H2,1-2H3. The molecule has 1 saturated carbocycles. The second-order valence-electron chi connectivity index (χ2n) is 4.53. The van der Waals surface area contributed by atoms with Crippen molar-refractivity contribution in [3.05, 3.63) is 29.3 Å². The first-order valence-electron chi connectivity index (χ1n) is 5.47. The lowest BCUT2D eigenvalue weighted by atomic mass is 10.1. The van der Waals surface area contributed by atoms with Gasteiger partial charge >= 0.3 is 0 Å². The van der Waals surface area contributed by atoms with E-state index in [0.717, 1.165) is 6.42 Å². The second-order valence-corrected chi connectivity index (χ2v) is 6.24. The SMILES string of the molecule is Cc1cc(S(=O)(=O)NC2CC2C)ccc1C#N. The fraction of sp³-hybridized carbons (Fsp3) is 0.417. The highest BCUT2D eigenvalue weighted by molar-refractivity contribution is 7.89. The molecule has 2 unspecified atom stereocenters. The number of hydrogen-bond acceptors (Lipinski definition) is 3. The quantitative estimate of drug-likeness (QED) is 0.884. The van der Waals surface area contributed by atoms with Crippen molar-refractivity contribution in [1.82, 2.24) is 4.72 Å². The van der Waals surface area contributed by atoms with Crippen LogP contribution in [-0.2, 0) is 10.0 Å². The van der Waals surface area contributed by atoms with Crippen LogP contribution < -0.4 is 4.72 Å². The molecule has 90 valence electrons. The Morgan fingerprint density at radius 1 is 1.47 bits per heavy atom. The molecule has 2 rings (SSSR count). The Balaban J connectivity index is 2.28. The van der Waals surface area contributed by atoms with Crippen LogP contribution in [0.3, 0.4) is 0 Å². The van der Waals surface area contributed by atoms with Gasteiger partial charge in [-0.1, -0.05) is 6.92 Å². The number of hydrogen-bond donors (Lipinski definition) is 1. The van der Waals surface area contributed by atoms with Crippen molar-refractivity contribution >= 4 is 10.0 Å². The smallest absolute Gasteiger partial charge is 0.208 e. The molecule has 17 heavy (non-hydrogen) atoms. The maximum Gasteiger partial charge on any atom is 0.240 e. The molecule has 0 saturated heterocycles. The molecule has 0 spiro atoms. The van der Waals surface area contributed by atoms with Crippen LogP contribution in [0.1, 0.15) is 24.5 Å². The number of nitriles is 1. The van der Waals surface area contributed by atoms with Gasteiger partial charge in [-0.15, -0.1) is 0 Å². The average molecular weight is 250 g/mol. The van der Waals surface area contributed by atoms with Crippen LogP contribution in [0.4, 0.5) is 0 Å². The van der Waals surface area contributed by atoms with Gasteiger partial charge in [-0.3, -0.25) is 0 Å². The van der Waals surface area contributed by atoms with Gasteiger partial charge in [0.2, 0.25) is 10.0 Å². The van der Waals surface area contributed by atoms with Crippen molar-refractivity contribution in [2.75, 3.05) is 0 Å². The molecule has 1 aromatic carbocycles. The van der Waals surface area contributed by atoms with Crippen molar-refractivity contribution in [2.24, 2.45) is 5.92 Å². The highest BCUT2D eigenvalue weighted by Crippen LogP contribution is 2.30. The molecular formula is C12H14N2O2S. The maximum atomic E-state index is 12.0. The van der Waals surface area contributed by atoms with Gasteiger partial charge in [-0.05, 0) is 43.0 Å². The molecule has 1 aliphatic rings. The van der Waals surface area contributed by atoms with Gasteiger partial charge < -0.3 is 0 Å². The molecule has 0 aromatic heterocycles. The first kappa shape index (κ1) is 12.1. The molecule has 0 aliphatic heterocycles. The Kier molecular flexibility index (Phi) is 2.94. The molecule has 1 fully saturated rings. The van der Waals surface area contributed by atoms with E-state index in [0.29, 0.717) is 17.0 Å². The van der Waals surface area contributed by atoms with Gasteiger partial charge in [-0.25, -0.2) is 13.1 Å². The van der Waals surface area contributed by atoms with Gasteiger partial charge in [0.05, 0.1) is 16.5 Å². The zero-order chi connectivity index (χ0) is 12.6. The Labute approximate surface area is 101 Å². The third kappa shape index (κ3) is 2.48. The molecule has 1 N–H and O–H groups in total. The van der Waals surface area contributed by atoms with Crippen molar-refractivity contribution < 1.29 is 8.42 Å². The van der Waals surface area contributed by atoms with Crippen LogP contribution in [0.25, 0.3) is 0 Å². The van der Waals surface area contributed by atoms with Crippen molar-refractivity contribution in [2.45, 2.75) is 31.2 Å². The average Bonchev–Trinajstić information content (AvgIpc) is 2.93. The molecule has 5 heteroatoms. The van der Waals surface area contributed by atoms with E-state index < -0.39 is 10.0 Å². The third-order valence-corrected chi connectivity index (χ3v) is 4.53. The Bertz CT molecular complexity index is 587. The summed E-state index contributed by atoms with van der Waals surface area (Å²) in [6, 6.07) is 6.64. The molecule has 0 bridgehead atoms. The van der Waals surface area contributed by atoms with E-state index in [2.05, 4.69) is 4.72 Å². The van der Waals surface area contributed by atoms with Crippen molar-refractivity contribution in [1.29, 1.82) is 5.26 Å². The topological polar surface area (TPSA) is 70.0 Å². The summed E-state index contributed by atoms with van der Waals surface area (Å²) in [6.45, 7) is 3.74. The maximum absolute atomic E-state index is 12.0. The predicted molar refractivity (Wildman–Crippen MR) is 63.8 cm³/mol. The predicted octanol–water partition coefficient (Wildman–Crippen LogP) is 1.55. The molecule has 0 heterocycles. The lowest BCUT2D eigenvalue weighted by Gasteiger charge is -2.07. The highest BCUT2D eigenvalue weighted by atomic mass is 32.2. The molecular weight excluding hydrogens is 236 g/mol. The minimum atomic E-state index is -3.44. The van der Waals surface area contributed by atoms with Gasteiger partial charge in [0, 0.05) is 6.04 Å². The summed E-state index contributed by atoms with van der Waals surface area (Å²) in [4.78, 5) is 0.230. The molecule has 0 amide bonds. The van der Waals surface area contributed by atoms with Crippen LogP contribution in [0, 0.1) is 24.2 Å². The summed E-state index contributed by atoms with van der Waals surface area (Å²) >= 11 is 0. The van der Waals surface area contributed by atoms with E-state index in [1.54, 1.807) is 13.0 Å². The van der Waals surface area contributed by atoms with E-state index in [1.165, 1.54) is 12.1 Å². The summed E-state index contributed by atoms with van der Waals surface area (Å²) in [5, 5.41) is 8.79. The monoisotopic (exact) mass is 250 g/mol. The molecule has 1 aromatic rings. The Morgan fingerprint density at radius 2 is 2.12 bits per heavy atom.